The van der Waals surface area contributed by atoms with E-state index in [0.29, 0.717) is 10.6 Å². The van der Waals surface area contributed by atoms with E-state index < -0.39 is 0 Å². The number of benzene rings is 2. The van der Waals surface area contributed by atoms with Crippen LogP contribution in [-0.4, -0.2) is 28.2 Å². The molecule has 0 aliphatic carbocycles. The van der Waals surface area contributed by atoms with Gasteiger partial charge >= 0.3 is 0 Å². The van der Waals surface area contributed by atoms with Crippen molar-refractivity contribution >= 4 is 24.5 Å². The summed E-state index contributed by atoms with van der Waals surface area (Å²) >= 11 is 5.33. The standard InChI is InChI=1S/C22H24N4OS/c1-22(2,3)18-13-11-17(12-14-18)20-24-25-21(28)26(20)23-15-7-9-16-8-5-6-10-19(16)27-4/h5-15H,1-4H3,(H,25,28)/b9-7-,23-15+. The van der Waals surface area contributed by atoms with Crippen molar-refractivity contribution in [2.75, 3.05) is 7.11 Å². The lowest BCUT2D eigenvalue weighted by Gasteiger charge is -2.18. The molecule has 28 heavy (non-hydrogen) atoms. The van der Waals surface area contributed by atoms with Crippen LogP contribution in [0.4, 0.5) is 0 Å². The van der Waals surface area contributed by atoms with E-state index in [2.05, 4.69) is 48.2 Å². The summed E-state index contributed by atoms with van der Waals surface area (Å²) in [6, 6.07) is 16.1. The molecule has 5 nitrogen and oxygen atoms in total. The Labute approximate surface area is 170 Å². The van der Waals surface area contributed by atoms with Crippen LogP contribution < -0.4 is 4.74 Å². The Hall–Kier alpha value is -2.99. The molecule has 1 heterocycles. The fraction of sp³-hybridized carbons (Fsp3) is 0.227. The first kappa shape index (κ1) is 19.8. The molecule has 3 rings (SSSR count). The first-order valence-corrected chi connectivity index (χ1v) is 9.43. The smallest absolute Gasteiger partial charge is 0.216 e. The number of nitrogens with zero attached hydrogens (tertiary/aromatic N) is 3. The van der Waals surface area contributed by atoms with Gasteiger partial charge in [0, 0.05) is 17.3 Å². The van der Waals surface area contributed by atoms with Gasteiger partial charge in [-0.1, -0.05) is 63.2 Å². The molecule has 0 aliphatic heterocycles. The van der Waals surface area contributed by atoms with Gasteiger partial charge in [-0.3, -0.25) is 0 Å². The molecular weight excluding hydrogens is 368 g/mol. The SMILES string of the molecule is COc1ccccc1/C=C\C=N\n1c(-c2ccc(C(C)(C)C)cc2)n[nH]c1=S. The van der Waals surface area contributed by atoms with Crippen molar-refractivity contribution in [3.8, 4) is 17.1 Å². The van der Waals surface area contributed by atoms with Crippen molar-refractivity contribution in [2.45, 2.75) is 26.2 Å². The van der Waals surface area contributed by atoms with Crippen molar-refractivity contribution < 1.29 is 4.74 Å². The summed E-state index contributed by atoms with van der Waals surface area (Å²) in [5.74, 6) is 1.49. The van der Waals surface area contributed by atoms with E-state index in [1.54, 1.807) is 18.0 Å². The molecule has 0 atom stereocenters. The monoisotopic (exact) mass is 392 g/mol. The van der Waals surface area contributed by atoms with E-state index in [4.69, 9.17) is 17.0 Å². The summed E-state index contributed by atoms with van der Waals surface area (Å²) < 4.78 is 7.41. The summed E-state index contributed by atoms with van der Waals surface area (Å²) in [4.78, 5) is 0. The zero-order valence-electron chi connectivity index (χ0n) is 16.5. The van der Waals surface area contributed by atoms with Crippen LogP contribution in [0.3, 0.4) is 0 Å². The van der Waals surface area contributed by atoms with Crippen LogP contribution in [0.25, 0.3) is 17.5 Å². The molecule has 0 radical (unpaired) electrons. The molecule has 0 aliphatic rings. The Morgan fingerprint density at radius 3 is 2.50 bits per heavy atom. The molecule has 1 N–H and O–H groups in total. The van der Waals surface area contributed by atoms with Crippen molar-refractivity contribution in [3.63, 3.8) is 0 Å². The molecule has 1 aromatic heterocycles. The summed E-state index contributed by atoms with van der Waals surface area (Å²) in [5.41, 5.74) is 3.29. The van der Waals surface area contributed by atoms with Gasteiger partial charge < -0.3 is 4.74 Å². The molecule has 6 heteroatoms. The quantitative estimate of drug-likeness (QED) is 0.463. The van der Waals surface area contributed by atoms with Crippen molar-refractivity contribution in [1.29, 1.82) is 0 Å². The van der Waals surface area contributed by atoms with Gasteiger partial charge in [0.25, 0.3) is 0 Å². The second kappa shape index (κ2) is 8.35. The third-order valence-electron chi connectivity index (χ3n) is 4.34. The highest BCUT2D eigenvalue weighted by Crippen LogP contribution is 2.25. The second-order valence-electron chi connectivity index (χ2n) is 7.36. The maximum atomic E-state index is 5.35. The number of methoxy groups -OCH3 is 1. The number of para-hydroxylation sites is 1. The number of hydrogen-bond donors (Lipinski definition) is 1. The maximum Gasteiger partial charge on any atom is 0.216 e. The van der Waals surface area contributed by atoms with E-state index in [9.17, 15) is 0 Å². The first-order chi connectivity index (χ1) is 13.4. The highest BCUT2D eigenvalue weighted by atomic mass is 32.1. The Morgan fingerprint density at radius 2 is 1.82 bits per heavy atom. The summed E-state index contributed by atoms with van der Waals surface area (Å²) in [6.45, 7) is 6.57. The third-order valence-corrected chi connectivity index (χ3v) is 4.61. The highest BCUT2D eigenvalue weighted by molar-refractivity contribution is 7.71. The molecule has 3 aromatic rings. The lowest BCUT2D eigenvalue weighted by atomic mass is 9.87. The van der Waals surface area contributed by atoms with Crippen LogP contribution in [0.15, 0.2) is 59.7 Å². The minimum Gasteiger partial charge on any atom is -0.496 e. The van der Waals surface area contributed by atoms with E-state index >= 15 is 0 Å². The lowest BCUT2D eigenvalue weighted by molar-refractivity contribution is 0.414. The van der Waals surface area contributed by atoms with Gasteiger partial charge in [0.2, 0.25) is 4.77 Å². The zero-order valence-corrected chi connectivity index (χ0v) is 17.3. The van der Waals surface area contributed by atoms with Crippen LogP contribution in [-0.2, 0) is 5.41 Å². The van der Waals surface area contributed by atoms with Crippen LogP contribution in [0.5, 0.6) is 5.75 Å². The molecule has 0 saturated carbocycles. The fourth-order valence-corrected chi connectivity index (χ4v) is 2.94. The Morgan fingerprint density at radius 1 is 1.11 bits per heavy atom. The largest absolute Gasteiger partial charge is 0.496 e. The minimum atomic E-state index is 0.102. The second-order valence-corrected chi connectivity index (χ2v) is 7.74. The molecule has 0 unspecified atom stereocenters. The molecule has 0 bridgehead atoms. The van der Waals surface area contributed by atoms with Gasteiger partial charge in [-0.2, -0.15) is 14.9 Å². The Bertz CT molecular complexity index is 1050. The van der Waals surface area contributed by atoms with Crippen LogP contribution in [0.2, 0.25) is 0 Å². The van der Waals surface area contributed by atoms with E-state index in [1.165, 1.54) is 5.56 Å². The Kier molecular flexibility index (Phi) is 5.90. The predicted octanol–water partition coefficient (Wildman–Crippen LogP) is 5.46. The number of ether oxygens (including phenoxy) is 1. The predicted molar refractivity (Wildman–Crippen MR) is 117 cm³/mol. The molecule has 2 aromatic carbocycles. The first-order valence-electron chi connectivity index (χ1n) is 9.02. The van der Waals surface area contributed by atoms with Crippen LogP contribution in [0, 0.1) is 4.77 Å². The van der Waals surface area contributed by atoms with Gasteiger partial charge in [-0.25, -0.2) is 5.10 Å². The third kappa shape index (κ3) is 4.46. The fourth-order valence-electron chi connectivity index (χ4n) is 2.76. The van der Waals surface area contributed by atoms with E-state index in [0.717, 1.165) is 16.9 Å². The number of allylic oxidation sites excluding steroid dienone is 1. The highest BCUT2D eigenvalue weighted by Gasteiger charge is 2.14. The number of aromatic amines is 1. The van der Waals surface area contributed by atoms with Crippen LogP contribution >= 0.6 is 12.2 Å². The molecule has 0 spiro atoms. The van der Waals surface area contributed by atoms with Crippen molar-refractivity contribution in [1.82, 2.24) is 14.9 Å². The summed E-state index contributed by atoms with van der Waals surface area (Å²) in [5, 5.41) is 11.6. The van der Waals surface area contributed by atoms with E-state index in [1.807, 2.05) is 48.6 Å². The number of H-pyrrole nitrogens is 1. The number of rotatable bonds is 5. The van der Waals surface area contributed by atoms with Gasteiger partial charge in [-0.05, 0) is 41.4 Å². The van der Waals surface area contributed by atoms with Crippen LogP contribution in [0.1, 0.15) is 31.9 Å². The summed E-state index contributed by atoms with van der Waals surface area (Å²) in [7, 11) is 1.66. The number of aromatic nitrogens is 3. The Balaban J connectivity index is 1.84. The topological polar surface area (TPSA) is 55.2 Å². The van der Waals surface area contributed by atoms with Gasteiger partial charge in [0.1, 0.15) is 5.75 Å². The maximum absolute atomic E-state index is 5.35. The lowest BCUT2D eigenvalue weighted by Crippen LogP contribution is -2.10. The molecule has 144 valence electrons. The molecule has 0 fully saturated rings. The average Bonchev–Trinajstić information content (AvgIpc) is 3.05. The zero-order chi connectivity index (χ0) is 20.1. The molecule has 0 saturated heterocycles. The number of nitrogens with one attached hydrogen (secondary N) is 1. The van der Waals surface area contributed by atoms with Crippen molar-refractivity contribution in [3.05, 3.63) is 70.5 Å². The van der Waals surface area contributed by atoms with E-state index in [-0.39, 0.29) is 5.41 Å². The van der Waals surface area contributed by atoms with Gasteiger partial charge in [0.05, 0.1) is 7.11 Å². The minimum absolute atomic E-state index is 0.102. The van der Waals surface area contributed by atoms with Crippen molar-refractivity contribution in [2.24, 2.45) is 5.10 Å². The van der Waals surface area contributed by atoms with Gasteiger partial charge in [-0.15, -0.1) is 0 Å². The van der Waals surface area contributed by atoms with Gasteiger partial charge in [0.15, 0.2) is 5.82 Å². The normalized spacial score (nSPS) is 12.1. The molecule has 0 amide bonds. The molecular formula is C22H24N4OS. The summed E-state index contributed by atoms with van der Waals surface area (Å²) in [6.07, 6.45) is 5.47. The average molecular weight is 393 g/mol. The number of hydrogen-bond acceptors (Lipinski definition) is 4.